The SMILES string of the molecule is CCc1cc[c-]cc1.C[N+](C)(C)c1ccc(C=O)cc1.O=S(=O)([O-])C(F)(F)F.[Br-].[Y]. The van der Waals surface area contributed by atoms with Gasteiger partial charge in [-0.3, -0.25) is 9.28 Å². The maximum atomic E-state index is 10.7. The Morgan fingerprint density at radius 2 is 1.43 bits per heavy atom. The van der Waals surface area contributed by atoms with Gasteiger partial charge < -0.3 is 21.5 Å². The monoisotopic (exact) mass is 586 g/mol. The molecule has 2 aromatic carbocycles. The number of aryl methyl sites for hydroxylation is 1. The summed E-state index contributed by atoms with van der Waals surface area (Å²) in [5.41, 5.74) is -2.34. The topological polar surface area (TPSA) is 74.3 Å². The van der Waals surface area contributed by atoms with E-state index in [4.69, 9.17) is 13.0 Å². The number of carbonyl (C=O) groups is 1. The Balaban J connectivity index is -0.000000364. The molecule has 0 aromatic heterocycles. The first-order valence-corrected chi connectivity index (χ1v) is 9.47. The van der Waals surface area contributed by atoms with Gasteiger partial charge in [-0.1, -0.05) is 13.3 Å². The van der Waals surface area contributed by atoms with Crippen LogP contribution in [0.5, 0.6) is 0 Å². The third-order valence-corrected chi connectivity index (χ3v) is 3.85. The first kappa shape index (κ1) is 34.0. The van der Waals surface area contributed by atoms with Crippen LogP contribution in [0.15, 0.2) is 48.5 Å². The van der Waals surface area contributed by atoms with Gasteiger partial charge in [-0.2, -0.15) is 49.1 Å². The molecule has 2 rings (SSSR count). The summed E-state index contributed by atoms with van der Waals surface area (Å²) in [6.07, 6.45) is 1.98. The number of hydrogen-bond donors (Lipinski definition) is 0. The molecule has 0 aliphatic heterocycles. The van der Waals surface area contributed by atoms with E-state index in [1.807, 2.05) is 36.4 Å². The quantitative estimate of drug-likeness (QED) is 0.175. The van der Waals surface area contributed by atoms with E-state index in [-0.39, 0.29) is 49.7 Å². The third kappa shape index (κ3) is 14.4. The summed E-state index contributed by atoms with van der Waals surface area (Å²) in [6, 6.07) is 18.7. The van der Waals surface area contributed by atoms with Gasteiger partial charge in [0.05, 0.1) is 21.1 Å². The van der Waals surface area contributed by atoms with E-state index in [9.17, 15) is 18.0 Å². The molecule has 2 aromatic rings. The molecule has 30 heavy (non-hydrogen) atoms. The molecule has 0 saturated heterocycles. The zero-order valence-corrected chi connectivity index (χ0v) is 22.2. The molecule has 0 amide bonds. The predicted molar refractivity (Wildman–Crippen MR) is 102 cm³/mol. The van der Waals surface area contributed by atoms with Gasteiger partial charge in [0.2, 0.25) is 0 Å². The molecule has 1 radical (unpaired) electrons. The van der Waals surface area contributed by atoms with Crippen LogP contribution in [0.3, 0.4) is 0 Å². The molecule has 0 aliphatic carbocycles. The van der Waals surface area contributed by atoms with Gasteiger partial charge in [0.25, 0.3) is 0 Å². The third-order valence-electron chi connectivity index (χ3n) is 3.28. The van der Waals surface area contributed by atoms with Crippen molar-refractivity contribution in [2.75, 3.05) is 21.1 Å². The molecule has 0 N–H and O–H groups in total. The van der Waals surface area contributed by atoms with Crippen molar-refractivity contribution in [3.05, 3.63) is 65.7 Å². The average molecular weight is 587 g/mol. The van der Waals surface area contributed by atoms with Crippen LogP contribution in [0.2, 0.25) is 0 Å². The standard InChI is InChI=1S/C10H14NO.C8H9.CHF3O3S.BrH.Y/c1-11(2,3)10-6-4-9(8-12)5-7-10;1-2-8-6-4-3-5-7-8;2-1(3,4)8(5,6)7;;/h4-8H,1-3H3;4-7H,2H2,1H3;(H,5,6,7);1H;/q+1;-1;;;/p-2. The Hall–Kier alpha value is -0.646. The summed E-state index contributed by atoms with van der Waals surface area (Å²) < 4.78 is 59.7. The second-order valence-electron chi connectivity index (χ2n) is 6.38. The molecule has 0 unspecified atom stereocenters. The Labute approximate surface area is 211 Å². The predicted octanol–water partition coefficient (Wildman–Crippen LogP) is 0.798. The maximum Gasteiger partial charge on any atom is 0.485 e. The van der Waals surface area contributed by atoms with Crippen molar-refractivity contribution in [3.8, 4) is 0 Å². The van der Waals surface area contributed by atoms with Gasteiger partial charge in [0.15, 0.2) is 10.1 Å². The summed E-state index contributed by atoms with van der Waals surface area (Å²) >= 11 is 0. The number of rotatable bonds is 3. The zero-order chi connectivity index (χ0) is 22.0. The van der Waals surface area contributed by atoms with Gasteiger partial charge >= 0.3 is 5.51 Å². The van der Waals surface area contributed by atoms with Gasteiger partial charge in [-0.25, -0.2) is 8.42 Å². The van der Waals surface area contributed by atoms with Crippen molar-refractivity contribution < 1.29 is 80.6 Å². The van der Waals surface area contributed by atoms with Crippen molar-refractivity contribution in [1.29, 1.82) is 0 Å². The van der Waals surface area contributed by atoms with E-state index < -0.39 is 15.6 Å². The van der Waals surface area contributed by atoms with Crippen LogP contribution < -0.4 is 21.5 Å². The number of benzene rings is 2. The number of hydrogen-bond acceptors (Lipinski definition) is 4. The number of quaternary nitrogens is 1. The fourth-order valence-electron chi connectivity index (χ4n) is 1.66. The van der Waals surface area contributed by atoms with Crippen molar-refractivity contribution >= 4 is 22.1 Å². The summed E-state index contributed by atoms with van der Waals surface area (Å²) in [4.78, 5) is 10.4. The van der Waals surface area contributed by atoms with Crippen LogP contribution in [0.25, 0.3) is 0 Å². The Bertz CT molecular complexity index is 826. The van der Waals surface area contributed by atoms with Gasteiger partial charge in [-0.05, 0) is 24.3 Å². The van der Waals surface area contributed by atoms with Gasteiger partial charge in [-0.15, -0.1) is 0 Å². The average Bonchev–Trinajstić information content (AvgIpc) is 2.61. The minimum absolute atomic E-state index is 0. The molecule has 167 valence electrons. The van der Waals surface area contributed by atoms with E-state index in [1.165, 1.54) is 11.3 Å². The molecular formula is C19H23BrF3NO4SY-2. The number of nitrogens with zero attached hydrogens (tertiary/aromatic N) is 1. The van der Waals surface area contributed by atoms with Crippen LogP contribution in [0.4, 0.5) is 18.9 Å². The van der Waals surface area contributed by atoms with Crippen LogP contribution >= 0.6 is 0 Å². The number of aldehydes is 1. The molecule has 0 saturated carbocycles. The van der Waals surface area contributed by atoms with Crippen LogP contribution in [0, 0.1) is 6.07 Å². The Morgan fingerprint density at radius 1 is 1.03 bits per heavy atom. The van der Waals surface area contributed by atoms with Crippen molar-refractivity contribution in [2.24, 2.45) is 0 Å². The zero-order valence-electron chi connectivity index (χ0n) is 17.0. The normalized spacial score (nSPS) is 10.7. The van der Waals surface area contributed by atoms with E-state index in [0.717, 1.165) is 22.8 Å². The number of halogens is 4. The smallest absolute Gasteiger partial charge is 0.485 e. The van der Waals surface area contributed by atoms with Crippen molar-refractivity contribution in [3.63, 3.8) is 0 Å². The minimum atomic E-state index is -6.09. The van der Waals surface area contributed by atoms with Crippen molar-refractivity contribution in [1.82, 2.24) is 4.48 Å². The van der Waals surface area contributed by atoms with Crippen LogP contribution in [-0.2, 0) is 49.2 Å². The first-order chi connectivity index (χ1) is 12.7. The van der Waals surface area contributed by atoms with Crippen molar-refractivity contribution in [2.45, 2.75) is 18.9 Å². The summed E-state index contributed by atoms with van der Waals surface area (Å²) in [7, 11) is 0.189. The molecule has 0 aliphatic rings. The molecule has 0 fully saturated rings. The number of alkyl halides is 3. The fraction of sp³-hybridized carbons (Fsp3) is 0.316. The largest absolute Gasteiger partial charge is 1.00 e. The van der Waals surface area contributed by atoms with E-state index in [2.05, 4.69) is 46.3 Å². The molecule has 0 atom stereocenters. The summed E-state index contributed by atoms with van der Waals surface area (Å²) in [6.45, 7) is 2.15. The van der Waals surface area contributed by atoms with Crippen LogP contribution in [-0.4, -0.2) is 45.9 Å². The summed E-state index contributed by atoms with van der Waals surface area (Å²) in [5, 5.41) is 0. The van der Waals surface area contributed by atoms with Crippen LogP contribution in [0.1, 0.15) is 22.8 Å². The summed E-state index contributed by atoms with van der Waals surface area (Å²) in [5.74, 6) is 0. The second-order valence-corrected chi connectivity index (χ2v) is 7.75. The first-order valence-electron chi connectivity index (χ1n) is 8.06. The second kappa shape index (κ2) is 15.2. The fourth-order valence-corrected chi connectivity index (χ4v) is 1.66. The van der Waals surface area contributed by atoms with E-state index >= 15 is 0 Å². The molecule has 0 bridgehead atoms. The van der Waals surface area contributed by atoms with Gasteiger partial charge in [0.1, 0.15) is 12.0 Å². The molecule has 11 heteroatoms. The Morgan fingerprint density at radius 3 is 1.67 bits per heavy atom. The minimum Gasteiger partial charge on any atom is -1.00 e. The number of carbonyl (C=O) groups excluding carboxylic acids is 1. The maximum absolute atomic E-state index is 10.7. The molecule has 5 nitrogen and oxygen atoms in total. The van der Waals surface area contributed by atoms with E-state index in [1.54, 1.807) is 0 Å². The molecular weight excluding hydrogens is 564 g/mol. The molecule has 0 spiro atoms. The van der Waals surface area contributed by atoms with E-state index in [0.29, 0.717) is 0 Å². The Kier molecular flexibility index (Phi) is 17.2. The van der Waals surface area contributed by atoms with Gasteiger partial charge in [0, 0.05) is 38.3 Å². The molecule has 0 heterocycles.